The number of anilines is 1. The predicted molar refractivity (Wildman–Crippen MR) is 103 cm³/mol. The van der Waals surface area contributed by atoms with Crippen LogP contribution in [0.1, 0.15) is 39.3 Å². The summed E-state index contributed by atoms with van der Waals surface area (Å²) in [5.74, 6) is -1.15. The summed E-state index contributed by atoms with van der Waals surface area (Å²) in [6, 6.07) is 11.7. The van der Waals surface area contributed by atoms with Gasteiger partial charge in [-0.1, -0.05) is 6.07 Å². The van der Waals surface area contributed by atoms with Gasteiger partial charge in [0.1, 0.15) is 5.69 Å². The van der Waals surface area contributed by atoms with Crippen LogP contribution in [0.5, 0.6) is 0 Å². The number of ether oxygens (including phenoxy) is 2. The van der Waals surface area contributed by atoms with Gasteiger partial charge in [-0.25, -0.2) is 0 Å². The van der Waals surface area contributed by atoms with Gasteiger partial charge in [0.05, 0.1) is 24.8 Å². The van der Waals surface area contributed by atoms with E-state index in [1.54, 1.807) is 35.2 Å². The van der Waals surface area contributed by atoms with E-state index in [-0.39, 0.29) is 17.5 Å². The summed E-state index contributed by atoms with van der Waals surface area (Å²) in [6.45, 7) is 2.20. The van der Waals surface area contributed by atoms with E-state index in [2.05, 4.69) is 10.3 Å². The summed E-state index contributed by atoms with van der Waals surface area (Å²) in [5, 5.41) is 11.7. The molecule has 0 unspecified atom stereocenters. The molecule has 1 N–H and O–H groups in total. The molecular formula is C21H20N4O4. The topological polar surface area (TPSA) is 105 Å². The summed E-state index contributed by atoms with van der Waals surface area (Å²) in [7, 11) is 0. The van der Waals surface area contributed by atoms with Crippen molar-refractivity contribution >= 4 is 17.5 Å². The number of piperidine rings is 1. The number of carbonyl (C=O) groups excluding carboxylic acids is 2. The SMILES string of the molecule is N#Cc1cccc(NC(=O)c2ccnc(C(=O)N3CCC4(CC3)OCCO4)c2)c1. The molecule has 0 radical (unpaired) electrons. The number of pyridine rings is 1. The Morgan fingerprint density at radius 2 is 1.90 bits per heavy atom. The average molecular weight is 392 g/mol. The molecule has 148 valence electrons. The minimum Gasteiger partial charge on any atom is -0.347 e. The van der Waals surface area contributed by atoms with Crippen molar-refractivity contribution < 1.29 is 19.1 Å². The number of hydrogen-bond donors (Lipinski definition) is 1. The molecule has 8 nitrogen and oxygen atoms in total. The summed E-state index contributed by atoms with van der Waals surface area (Å²) in [6.07, 6.45) is 2.69. The molecule has 2 saturated heterocycles. The summed E-state index contributed by atoms with van der Waals surface area (Å²) in [5.41, 5.74) is 1.50. The number of likely N-dealkylation sites (tertiary alicyclic amines) is 1. The second-order valence-electron chi connectivity index (χ2n) is 6.98. The van der Waals surface area contributed by atoms with Crippen LogP contribution in [-0.2, 0) is 9.47 Å². The fourth-order valence-corrected chi connectivity index (χ4v) is 3.56. The minimum absolute atomic E-state index is 0.215. The molecule has 0 atom stereocenters. The molecule has 1 aromatic heterocycles. The number of aromatic nitrogens is 1. The van der Waals surface area contributed by atoms with Gasteiger partial charge in [0.2, 0.25) is 0 Å². The van der Waals surface area contributed by atoms with Gasteiger partial charge in [0.25, 0.3) is 11.8 Å². The number of hydrogen-bond acceptors (Lipinski definition) is 6. The average Bonchev–Trinajstić information content (AvgIpc) is 3.22. The van der Waals surface area contributed by atoms with Crippen molar-refractivity contribution in [2.75, 3.05) is 31.6 Å². The van der Waals surface area contributed by atoms with Crippen LogP contribution in [0, 0.1) is 11.3 Å². The van der Waals surface area contributed by atoms with Crippen molar-refractivity contribution in [3.05, 3.63) is 59.4 Å². The summed E-state index contributed by atoms with van der Waals surface area (Å²) >= 11 is 0. The van der Waals surface area contributed by atoms with Crippen LogP contribution >= 0.6 is 0 Å². The van der Waals surface area contributed by atoms with Crippen LogP contribution in [0.25, 0.3) is 0 Å². The van der Waals surface area contributed by atoms with Crippen molar-refractivity contribution in [2.24, 2.45) is 0 Å². The Morgan fingerprint density at radius 3 is 2.62 bits per heavy atom. The molecule has 4 rings (SSSR count). The van der Waals surface area contributed by atoms with Gasteiger partial charge in [0.15, 0.2) is 5.79 Å². The third-order valence-electron chi connectivity index (χ3n) is 5.12. The Balaban J connectivity index is 1.43. The first-order valence-electron chi connectivity index (χ1n) is 9.43. The highest BCUT2D eigenvalue weighted by molar-refractivity contribution is 6.05. The van der Waals surface area contributed by atoms with Gasteiger partial charge in [-0.05, 0) is 30.3 Å². The molecule has 2 fully saturated rings. The van der Waals surface area contributed by atoms with E-state index in [0.29, 0.717) is 56.0 Å². The van der Waals surface area contributed by atoms with Gasteiger partial charge in [-0.15, -0.1) is 0 Å². The maximum Gasteiger partial charge on any atom is 0.272 e. The first-order valence-corrected chi connectivity index (χ1v) is 9.43. The van der Waals surface area contributed by atoms with Crippen molar-refractivity contribution in [1.82, 2.24) is 9.88 Å². The molecule has 2 aromatic rings. The summed E-state index contributed by atoms with van der Waals surface area (Å²) in [4.78, 5) is 31.2. The number of nitrogens with zero attached hydrogens (tertiary/aromatic N) is 3. The zero-order valence-corrected chi connectivity index (χ0v) is 15.8. The highest BCUT2D eigenvalue weighted by Crippen LogP contribution is 2.31. The van der Waals surface area contributed by atoms with E-state index < -0.39 is 5.79 Å². The third-order valence-corrected chi connectivity index (χ3v) is 5.12. The Kier molecular flexibility index (Phi) is 5.25. The largest absolute Gasteiger partial charge is 0.347 e. The number of rotatable bonds is 3. The molecule has 1 spiro atoms. The van der Waals surface area contributed by atoms with Crippen LogP contribution < -0.4 is 5.32 Å². The summed E-state index contributed by atoms with van der Waals surface area (Å²) < 4.78 is 11.4. The van der Waals surface area contributed by atoms with Crippen molar-refractivity contribution in [3.8, 4) is 6.07 Å². The number of benzene rings is 1. The molecule has 2 aliphatic rings. The molecular weight excluding hydrogens is 372 g/mol. The second-order valence-corrected chi connectivity index (χ2v) is 6.98. The van der Waals surface area contributed by atoms with E-state index >= 15 is 0 Å². The van der Waals surface area contributed by atoms with E-state index in [1.807, 2.05) is 6.07 Å². The van der Waals surface area contributed by atoms with Crippen LogP contribution in [-0.4, -0.2) is 53.8 Å². The first kappa shape index (κ1) is 19.1. The maximum absolute atomic E-state index is 12.8. The number of nitriles is 1. The van der Waals surface area contributed by atoms with Crippen molar-refractivity contribution in [3.63, 3.8) is 0 Å². The highest BCUT2D eigenvalue weighted by atomic mass is 16.7. The lowest BCUT2D eigenvalue weighted by Crippen LogP contribution is -2.47. The lowest BCUT2D eigenvalue weighted by atomic mass is 10.0. The molecule has 0 saturated carbocycles. The van der Waals surface area contributed by atoms with Gasteiger partial charge >= 0.3 is 0 Å². The number of nitrogens with one attached hydrogen (secondary N) is 1. The zero-order valence-electron chi connectivity index (χ0n) is 15.8. The first-order chi connectivity index (χ1) is 14.1. The normalized spacial score (nSPS) is 17.7. The molecule has 2 amide bonds. The van der Waals surface area contributed by atoms with E-state index in [4.69, 9.17) is 14.7 Å². The van der Waals surface area contributed by atoms with E-state index in [1.165, 1.54) is 12.3 Å². The lowest BCUT2D eigenvalue weighted by Gasteiger charge is -2.37. The monoisotopic (exact) mass is 392 g/mol. The Hall–Kier alpha value is -3.28. The van der Waals surface area contributed by atoms with Gasteiger partial charge in [-0.2, -0.15) is 5.26 Å². The van der Waals surface area contributed by atoms with Crippen molar-refractivity contribution in [1.29, 1.82) is 5.26 Å². The fourth-order valence-electron chi connectivity index (χ4n) is 3.56. The van der Waals surface area contributed by atoms with Crippen molar-refractivity contribution in [2.45, 2.75) is 18.6 Å². The van der Waals surface area contributed by atoms with Crippen LogP contribution in [0.15, 0.2) is 42.6 Å². The second kappa shape index (κ2) is 7.99. The number of amides is 2. The van der Waals surface area contributed by atoms with E-state index in [0.717, 1.165) is 0 Å². The fraction of sp³-hybridized carbons (Fsp3) is 0.333. The molecule has 1 aromatic carbocycles. The van der Waals surface area contributed by atoms with E-state index in [9.17, 15) is 9.59 Å². The van der Waals surface area contributed by atoms with Gasteiger partial charge in [0, 0.05) is 43.4 Å². The minimum atomic E-state index is -0.552. The van der Waals surface area contributed by atoms with Crippen LogP contribution in [0.3, 0.4) is 0 Å². The Bertz CT molecular complexity index is 969. The molecule has 2 aliphatic heterocycles. The molecule has 29 heavy (non-hydrogen) atoms. The van der Waals surface area contributed by atoms with Gasteiger partial charge < -0.3 is 19.7 Å². The van der Waals surface area contributed by atoms with Gasteiger partial charge in [-0.3, -0.25) is 14.6 Å². The Labute approximate surface area is 168 Å². The maximum atomic E-state index is 12.8. The quantitative estimate of drug-likeness (QED) is 0.859. The highest BCUT2D eigenvalue weighted by Gasteiger charge is 2.41. The molecule has 3 heterocycles. The Morgan fingerprint density at radius 1 is 1.14 bits per heavy atom. The third kappa shape index (κ3) is 4.11. The molecule has 8 heteroatoms. The van der Waals surface area contributed by atoms with Crippen LogP contribution in [0.4, 0.5) is 5.69 Å². The number of carbonyl (C=O) groups is 2. The zero-order chi connectivity index (χ0) is 20.3. The smallest absolute Gasteiger partial charge is 0.272 e. The predicted octanol–water partition coefficient (Wildman–Crippen LogP) is 2.18. The molecule has 0 aliphatic carbocycles. The molecule has 0 bridgehead atoms. The lowest BCUT2D eigenvalue weighted by molar-refractivity contribution is -0.181. The van der Waals surface area contributed by atoms with Crippen LogP contribution in [0.2, 0.25) is 0 Å². The standard InChI is InChI=1S/C21H20N4O4/c22-14-15-2-1-3-17(12-15)24-19(26)16-4-7-23-18(13-16)20(27)25-8-5-21(6-9-25)28-10-11-29-21/h1-4,7,12-13H,5-6,8-11H2,(H,24,26).